The van der Waals surface area contributed by atoms with Crippen LogP contribution in [-0.4, -0.2) is 46.1 Å². The van der Waals surface area contributed by atoms with E-state index in [0.29, 0.717) is 30.4 Å². The highest BCUT2D eigenvalue weighted by atomic mass is 16.2. The molecule has 1 aliphatic rings. The third-order valence-corrected chi connectivity index (χ3v) is 5.43. The van der Waals surface area contributed by atoms with Crippen molar-refractivity contribution in [2.45, 2.75) is 52.5 Å². The van der Waals surface area contributed by atoms with Crippen LogP contribution in [0.25, 0.3) is 10.8 Å². The molecular weight excluding hydrogens is 368 g/mol. The fourth-order valence-electron chi connectivity index (χ4n) is 3.77. The number of aromatic nitrogens is 2. The van der Waals surface area contributed by atoms with Gasteiger partial charge in [-0.25, -0.2) is 4.68 Å². The van der Waals surface area contributed by atoms with Crippen molar-refractivity contribution < 1.29 is 9.59 Å². The third kappa shape index (κ3) is 4.49. The normalized spacial score (nSPS) is 17.0. The van der Waals surface area contributed by atoms with Gasteiger partial charge in [0.1, 0.15) is 0 Å². The van der Waals surface area contributed by atoms with E-state index in [-0.39, 0.29) is 35.0 Å². The Morgan fingerprint density at radius 1 is 1.24 bits per heavy atom. The number of hydrogen-bond donors (Lipinski definition) is 1. The van der Waals surface area contributed by atoms with Gasteiger partial charge in [-0.3, -0.25) is 14.4 Å². The van der Waals surface area contributed by atoms with Crippen LogP contribution < -0.4 is 10.9 Å². The Kier molecular flexibility index (Phi) is 6.67. The molecule has 1 saturated heterocycles. The summed E-state index contributed by atoms with van der Waals surface area (Å²) in [5.41, 5.74) is 0.0833. The van der Waals surface area contributed by atoms with Gasteiger partial charge in [0.2, 0.25) is 5.91 Å². The SMILES string of the molecule is CCCCNC(=O)C1CCCN(C(=O)c2nn(C(C)C)c(=O)c3ccccc23)C1. The molecule has 1 aromatic carbocycles. The van der Waals surface area contributed by atoms with E-state index in [1.54, 1.807) is 29.2 Å². The Morgan fingerprint density at radius 2 is 1.97 bits per heavy atom. The standard InChI is InChI=1S/C22H30N4O3/c1-4-5-12-23-20(27)16-9-8-13-25(14-16)22(29)19-17-10-6-7-11-18(17)21(28)26(24-19)15(2)3/h6-7,10-11,15-16H,4-5,8-9,12-14H2,1-3H3,(H,23,27). The summed E-state index contributed by atoms with van der Waals surface area (Å²) in [5, 5.41) is 8.45. The van der Waals surface area contributed by atoms with Gasteiger partial charge >= 0.3 is 0 Å². The molecule has 3 rings (SSSR count). The molecule has 2 heterocycles. The summed E-state index contributed by atoms with van der Waals surface area (Å²) in [4.78, 5) is 40.2. The number of fused-ring (bicyclic) bond motifs is 1. The van der Waals surface area contributed by atoms with E-state index in [9.17, 15) is 14.4 Å². The topological polar surface area (TPSA) is 84.3 Å². The van der Waals surface area contributed by atoms with Crippen molar-refractivity contribution in [3.63, 3.8) is 0 Å². The van der Waals surface area contributed by atoms with Crippen molar-refractivity contribution in [2.75, 3.05) is 19.6 Å². The van der Waals surface area contributed by atoms with Gasteiger partial charge in [-0.15, -0.1) is 0 Å². The number of likely N-dealkylation sites (tertiary alicyclic amines) is 1. The number of unbranched alkanes of at least 4 members (excludes halogenated alkanes) is 1. The van der Waals surface area contributed by atoms with E-state index in [0.717, 1.165) is 25.7 Å². The van der Waals surface area contributed by atoms with Crippen LogP contribution in [0.1, 0.15) is 63.0 Å². The number of carbonyl (C=O) groups is 2. The second kappa shape index (κ2) is 9.20. The van der Waals surface area contributed by atoms with Gasteiger partial charge in [-0.1, -0.05) is 31.5 Å². The first-order chi connectivity index (χ1) is 13.9. The van der Waals surface area contributed by atoms with Crippen molar-refractivity contribution in [2.24, 2.45) is 5.92 Å². The molecule has 1 atom stereocenters. The molecule has 0 spiro atoms. The van der Waals surface area contributed by atoms with Crippen LogP contribution in [0, 0.1) is 5.92 Å². The predicted molar refractivity (Wildman–Crippen MR) is 113 cm³/mol. The van der Waals surface area contributed by atoms with Crippen LogP contribution in [0.5, 0.6) is 0 Å². The lowest BCUT2D eigenvalue weighted by Crippen LogP contribution is -2.46. The van der Waals surface area contributed by atoms with Gasteiger partial charge in [0.15, 0.2) is 5.69 Å². The van der Waals surface area contributed by atoms with Gasteiger partial charge in [0, 0.05) is 25.0 Å². The molecule has 7 heteroatoms. The van der Waals surface area contributed by atoms with Gasteiger partial charge in [0.05, 0.1) is 17.3 Å². The fourth-order valence-corrected chi connectivity index (χ4v) is 3.77. The van der Waals surface area contributed by atoms with Gasteiger partial charge < -0.3 is 10.2 Å². The van der Waals surface area contributed by atoms with Gasteiger partial charge in [0.25, 0.3) is 11.5 Å². The molecule has 0 aliphatic carbocycles. The molecule has 29 heavy (non-hydrogen) atoms. The lowest BCUT2D eigenvalue weighted by atomic mass is 9.96. The van der Waals surface area contributed by atoms with Gasteiger partial charge in [-0.2, -0.15) is 5.10 Å². The number of amides is 2. The number of hydrogen-bond acceptors (Lipinski definition) is 4. The summed E-state index contributed by atoms with van der Waals surface area (Å²) in [7, 11) is 0. The average molecular weight is 399 g/mol. The van der Waals surface area contributed by atoms with Crippen LogP contribution in [0.2, 0.25) is 0 Å². The summed E-state index contributed by atoms with van der Waals surface area (Å²) in [6.07, 6.45) is 3.54. The molecular formula is C22H30N4O3. The minimum absolute atomic E-state index is 0.0147. The first-order valence-electron chi connectivity index (χ1n) is 10.5. The number of rotatable bonds is 6. The maximum absolute atomic E-state index is 13.3. The Morgan fingerprint density at radius 3 is 2.66 bits per heavy atom. The third-order valence-electron chi connectivity index (χ3n) is 5.43. The zero-order chi connectivity index (χ0) is 21.0. The summed E-state index contributed by atoms with van der Waals surface area (Å²) < 4.78 is 1.37. The van der Waals surface area contributed by atoms with Crippen molar-refractivity contribution in [1.82, 2.24) is 20.0 Å². The number of carbonyl (C=O) groups excluding carboxylic acids is 2. The van der Waals surface area contributed by atoms with E-state index < -0.39 is 0 Å². The van der Waals surface area contributed by atoms with Crippen LogP contribution in [0.4, 0.5) is 0 Å². The molecule has 1 aliphatic heterocycles. The zero-order valence-electron chi connectivity index (χ0n) is 17.5. The van der Waals surface area contributed by atoms with E-state index >= 15 is 0 Å². The van der Waals surface area contributed by atoms with E-state index in [1.807, 2.05) is 13.8 Å². The molecule has 7 nitrogen and oxygen atoms in total. The van der Waals surface area contributed by atoms with Crippen LogP contribution in [0.15, 0.2) is 29.1 Å². The maximum atomic E-state index is 13.3. The predicted octanol–water partition coefficient (Wildman–Crippen LogP) is 2.75. The number of nitrogens with zero attached hydrogens (tertiary/aromatic N) is 3. The molecule has 1 N–H and O–H groups in total. The van der Waals surface area contributed by atoms with Crippen LogP contribution >= 0.6 is 0 Å². The zero-order valence-corrected chi connectivity index (χ0v) is 17.5. The average Bonchev–Trinajstić information content (AvgIpc) is 2.73. The summed E-state index contributed by atoms with van der Waals surface area (Å²) in [6, 6.07) is 6.94. The van der Waals surface area contributed by atoms with Crippen LogP contribution in [-0.2, 0) is 4.79 Å². The molecule has 1 aromatic heterocycles. The Balaban J connectivity index is 1.88. The van der Waals surface area contributed by atoms with E-state index in [2.05, 4.69) is 17.3 Å². The number of nitrogens with one attached hydrogen (secondary N) is 1. The molecule has 0 bridgehead atoms. The Bertz CT molecular complexity index is 951. The summed E-state index contributed by atoms with van der Waals surface area (Å²) in [5.74, 6) is -0.408. The lowest BCUT2D eigenvalue weighted by molar-refractivity contribution is -0.126. The minimum atomic E-state index is -0.221. The molecule has 1 fully saturated rings. The molecule has 1 unspecified atom stereocenters. The number of piperidine rings is 1. The van der Waals surface area contributed by atoms with Crippen LogP contribution in [0.3, 0.4) is 0 Å². The van der Waals surface area contributed by atoms with E-state index in [4.69, 9.17) is 0 Å². The first kappa shape index (κ1) is 21.0. The maximum Gasteiger partial charge on any atom is 0.274 e. The fraction of sp³-hybridized carbons (Fsp3) is 0.545. The van der Waals surface area contributed by atoms with Crippen molar-refractivity contribution in [3.8, 4) is 0 Å². The number of benzene rings is 1. The highest BCUT2D eigenvalue weighted by Crippen LogP contribution is 2.21. The van der Waals surface area contributed by atoms with Crippen molar-refractivity contribution >= 4 is 22.6 Å². The summed E-state index contributed by atoms with van der Waals surface area (Å²) >= 11 is 0. The highest BCUT2D eigenvalue weighted by Gasteiger charge is 2.30. The lowest BCUT2D eigenvalue weighted by Gasteiger charge is -2.32. The van der Waals surface area contributed by atoms with Crippen molar-refractivity contribution in [1.29, 1.82) is 0 Å². The molecule has 2 amide bonds. The second-order valence-electron chi connectivity index (χ2n) is 7.97. The first-order valence-corrected chi connectivity index (χ1v) is 10.5. The van der Waals surface area contributed by atoms with Gasteiger partial charge in [-0.05, 0) is 39.2 Å². The van der Waals surface area contributed by atoms with Crippen molar-refractivity contribution in [3.05, 3.63) is 40.3 Å². The largest absolute Gasteiger partial charge is 0.356 e. The molecule has 0 saturated carbocycles. The molecule has 2 aromatic rings. The Labute approximate surface area is 171 Å². The molecule has 156 valence electrons. The summed E-state index contributed by atoms with van der Waals surface area (Å²) in [6.45, 7) is 7.47. The van der Waals surface area contributed by atoms with E-state index in [1.165, 1.54) is 4.68 Å². The quantitative estimate of drug-likeness (QED) is 0.759. The minimum Gasteiger partial charge on any atom is -0.356 e. The highest BCUT2D eigenvalue weighted by molar-refractivity contribution is 6.05. The molecule has 0 radical (unpaired) electrons. The smallest absolute Gasteiger partial charge is 0.274 e. The monoisotopic (exact) mass is 398 g/mol. The Hall–Kier alpha value is -2.70. The second-order valence-corrected chi connectivity index (χ2v) is 7.97.